The van der Waals surface area contributed by atoms with Crippen molar-refractivity contribution >= 4 is 17.4 Å². The molecular formula is C16H21N3O2S. The van der Waals surface area contributed by atoms with Crippen LogP contribution in [0.15, 0.2) is 35.7 Å². The van der Waals surface area contributed by atoms with Gasteiger partial charge in [-0.25, -0.2) is 9.78 Å². The highest BCUT2D eigenvalue weighted by atomic mass is 32.1. The lowest BCUT2D eigenvalue weighted by molar-refractivity contribution is 0.167. The second kappa shape index (κ2) is 8.51. The van der Waals surface area contributed by atoms with E-state index in [0.717, 1.165) is 22.7 Å². The molecule has 6 heteroatoms. The maximum Gasteiger partial charge on any atom is 0.314 e. The minimum absolute atomic E-state index is 0.216. The number of hydrogen-bond acceptors (Lipinski definition) is 4. The predicted molar refractivity (Wildman–Crippen MR) is 88.0 cm³/mol. The first kappa shape index (κ1) is 16.5. The summed E-state index contributed by atoms with van der Waals surface area (Å²) in [5.74, 6) is 0. The second-order valence-corrected chi connectivity index (χ2v) is 6.07. The molecule has 0 aliphatic carbocycles. The van der Waals surface area contributed by atoms with Crippen molar-refractivity contribution < 1.29 is 9.90 Å². The van der Waals surface area contributed by atoms with Gasteiger partial charge in [0, 0.05) is 24.9 Å². The number of aryl methyl sites for hydroxylation is 1. The van der Waals surface area contributed by atoms with Crippen LogP contribution in [-0.2, 0) is 6.42 Å². The average molecular weight is 319 g/mol. The highest BCUT2D eigenvalue weighted by Crippen LogP contribution is 2.14. The first-order valence-corrected chi connectivity index (χ1v) is 8.19. The zero-order valence-electron chi connectivity index (χ0n) is 12.6. The van der Waals surface area contributed by atoms with Gasteiger partial charge in [-0.3, -0.25) is 0 Å². The lowest BCUT2D eigenvalue weighted by Gasteiger charge is -2.12. The molecule has 2 aromatic rings. The van der Waals surface area contributed by atoms with E-state index in [4.69, 9.17) is 0 Å². The van der Waals surface area contributed by atoms with E-state index in [2.05, 4.69) is 15.6 Å². The summed E-state index contributed by atoms with van der Waals surface area (Å²) in [6, 6.07) is 9.22. The Bertz CT molecular complexity index is 586. The standard InChI is InChI=1S/C16H21N3O2S/c1-12-19-14(11-22-12)7-9-17-16(21)18-10-8-15(20)13-5-3-2-4-6-13/h2-6,11,15,20H,7-10H2,1H3,(H2,17,18,21). The molecule has 0 aliphatic rings. The summed E-state index contributed by atoms with van der Waals surface area (Å²) in [6.07, 6.45) is 0.659. The van der Waals surface area contributed by atoms with E-state index in [9.17, 15) is 9.90 Å². The second-order valence-electron chi connectivity index (χ2n) is 5.01. The number of aliphatic hydroxyl groups excluding tert-OH is 1. The largest absolute Gasteiger partial charge is 0.388 e. The molecule has 0 saturated heterocycles. The Labute approximate surface area is 134 Å². The molecular weight excluding hydrogens is 298 g/mol. The number of amides is 2. The zero-order chi connectivity index (χ0) is 15.8. The number of hydrogen-bond donors (Lipinski definition) is 3. The molecule has 5 nitrogen and oxygen atoms in total. The lowest BCUT2D eigenvalue weighted by Crippen LogP contribution is -2.37. The van der Waals surface area contributed by atoms with Gasteiger partial charge >= 0.3 is 6.03 Å². The summed E-state index contributed by atoms with van der Waals surface area (Å²) in [4.78, 5) is 16.0. The Morgan fingerprint density at radius 1 is 1.27 bits per heavy atom. The zero-order valence-corrected chi connectivity index (χ0v) is 13.4. The Morgan fingerprint density at radius 2 is 2.00 bits per heavy atom. The van der Waals surface area contributed by atoms with Crippen molar-refractivity contribution in [1.29, 1.82) is 0 Å². The molecule has 0 aliphatic heterocycles. The van der Waals surface area contributed by atoms with E-state index in [0.29, 0.717) is 19.5 Å². The number of carbonyl (C=O) groups excluding carboxylic acids is 1. The molecule has 0 fully saturated rings. The lowest BCUT2D eigenvalue weighted by atomic mass is 10.1. The third-order valence-electron chi connectivity index (χ3n) is 3.22. The highest BCUT2D eigenvalue weighted by molar-refractivity contribution is 7.09. The highest BCUT2D eigenvalue weighted by Gasteiger charge is 2.07. The maximum atomic E-state index is 11.6. The normalized spacial score (nSPS) is 11.9. The van der Waals surface area contributed by atoms with Crippen molar-refractivity contribution in [3.63, 3.8) is 0 Å². The number of carbonyl (C=O) groups is 1. The van der Waals surface area contributed by atoms with Crippen molar-refractivity contribution in [1.82, 2.24) is 15.6 Å². The Hall–Kier alpha value is -1.92. The van der Waals surface area contributed by atoms with Crippen LogP contribution in [0.1, 0.15) is 28.8 Å². The monoisotopic (exact) mass is 319 g/mol. The SMILES string of the molecule is Cc1nc(CCNC(=O)NCCC(O)c2ccccc2)cs1. The van der Waals surface area contributed by atoms with Gasteiger partial charge in [0.05, 0.1) is 16.8 Å². The molecule has 1 aromatic heterocycles. The van der Waals surface area contributed by atoms with Crippen LogP contribution >= 0.6 is 11.3 Å². The van der Waals surface area contributed by atoms with Crippen LogP contribution in [0.3, 0.4) is 0 Å². The topological polar surface area (TPSA) is 74.2 Å². The van der Waals surface area contributed by atoms with E-state index >= 15 is 0 Å². The molecule has 0 radical (unpaired) electrons. The third-order valence-corrected chi connectivity index (χ3v) is 4.04. The fourth-order valence-electron chi connectivity index (χ4n) is 2.05. The Balaban J connectivity index is 1.59. The smallest absolute Gasteiger partial charge is 0.314 e. The van der Waals surface area contributed by atoms with E-state index < -0.39 is 6.10 Å². The molecule has 2 rings (SSSR count). The van der Waals surface area contributed by atoms with Gasteiger partial charge in [0.25, 0.3) is 0 Å². The molecule has 22 heavy (non-hydrogen) atoms. The minimum Gasteiger partial charge on any atom is -0.388 e. The van der Waals surface area contributed by atoms with Gasteiger partial charge in [0.15, 0.2) is 0 Å². The van der Waals surface area contributed by atoms with Gasteiger partial charge in [-0.15, -0.1) is 11.3 Å². The molecule has 2 amide bonds. The molecule has 1 heterocycles. The fourth-order valence-corrected chi connectivity index (χ4v) is 2.70. The number of rotatable bonds is 7. The van der Waals surface area contributed by atoms with Crippen molar-refractivity contribution in [2.75, 3.05) is 13.1 Å². The van der Waals surface area contributed by atoms with Crippen molar-refractivity contribution in [2.24, 2.45) is 0 Å². The van der Waals surface area contributed by atoms with Crippen LogP contribution in [0.2, 0.25) is 0 Å². The molecule has 3 N–H and O–H groups in total. The maximum absolute atomic E-state index is 11.6. The molecule has 118 valence electrons. The van der Waals surface area contributed by atoms with E-state index in [1.54, 1.807) is 11.3 Å². The fraction of sp³-hybridized carbons (Fsp3) is 0.375. The Kier molecular flexibility index (Phi) is 6.36. The number of aliphatic hydroxyl groups is 1. The summed E-state index contributed by atoms with van der Waals surface area (Å²) in [6.45, 7) is 2.94. The van der Waals surface area contributed by atoms with E-state index in [1.807, 2.05) is 42.6 Å². The first-order valence-electron chi connectivity index (χ1n) is 7.31. The number of benzene rings is 1. The van der Waals surface area contributed by atoms with Crippen LogP contribution in [0.25, 0.3) is 0 Å². The quantitative estimate of drug-likeness (QED) is 0.734. The van der Waals surface area contributed by atoms with Gasteiger partial charge in [-0.05, 0) is 18.9 Å². The molecule has 1 unspecified atom stereocenters. The minimum atomic E-state index is -0.556. The predicted octanol–water partition coefficient (Wildman–Crippen LogP) is 2.42. The molecule has 1 atom stereocenters. The third kappa shape index (κ3) is 5.46. The Morgan fingerprint density at radius 3 is 2.68 bits per heavy atom. The number of urea groups is 1. The molecule has 0 bridgehead atoms. The van der Waals surface area contributed by atoms with Gasteiger partial charge in [0.2, 0.25) is 0 Å². The summed E-state index contributed by atoms with van der Waals surface area (Å²) in [5.41, 5.74) is 1.87. The van der Waals surface area contributed by atoms with Gasteiger partial charge in [-0.1, -0.05) is 30.3 Å². The van der Waals surface area contributed by atoms with Gasteiger partial charge in [0.1, 0.15) is 0 Å². The average Bonchev–Trinajstić information content (AvgIpc) is 2.93. The van der Waals surface area contributed by atoms with Crippen molar-refractivity contribution in [3.8, 4) is 0 Å². The summed E-state index contributed by atoms with van der Waals surface area (Å²) >= 11 is 1.61. The van der Waals surface area contributed by atoms with Crippen LogP contribution in [0.5, 0.6) is 0 Å². The molecule has 1 aromatic carbocycles. The van der Waals surface area contributed by atoms with Crippen LogP contribution in [0, 0.1) is 6.92 Å². The number of aromatic nitrogens is 1. The van der Waals surface area contributed by atoms with Gasteiger partial charge in [-0.2, -0.15) is 0 Å². The number of thiazole rings is 1. The van der Waals surface area contributed by atoms with E-state index in [1.165, 1.54) is 0 Å². The number of nitrogens with one attached hydrogen (secondary N) is 2. The van der Waals surface area contributed by atoms with Crippen LogP contribution in [0.4, 0.5) is 4.79 Å². The van der Waals surface area contributed by atoms with Crippen LogP contribution < -0.4 is 10.6 Å². The van der Waals surface area contributed by atoms with Crippen molar-refractivity contribution in [2.45, 2.75) is 25.9 Å². The van der Waals surface area contributed by atoms with Crippen molar-refractivity contribution in [3.05, 3.63) is 52.0 Å². The summed E-state index contributed by atoms with van der Waals surface area (Å²) < 4.78 is 0. The molecule has 0 spiro atoms. The van der Waals surface area contributed by atoms with E-state index in [-0.39, 0.29) is 6.03 Å². The number of nitrogens with zero attached hydrogens (tertiary/aromatic N) is 1. The summed E-state index contributed by atoms with van der Waals surface area (Å²) in [7, 11) is 0. The first-order chi connectivity index (χ1) is 10.6. The van der Waals surface area contributed by atoms with Crippen LogP contribution in [-0.4, -0.2) is 29.2 Å². The molecule has 0 saturated carbocycles. The van der Waals surface area contributed by atoms with Gasteiger partial charge < -0.3 is 15.7 Å². The summed E-state index contributed by atoms with van der Waals surface area (Å²) in [5, 5.41) is 18.6.